The lowest BCUT2D eigenvalue weighted by molar-refractivity contribution is 0.396. The molecule has 2 rings (SSSR count). The molecule has 0 saturated carbocycles. The Morgan fingerprint density at radius 1 is 1.24 bits per heavy atom. The molecule has 0 unspecified atom stereocenters. The molecule has 0 fully saturated rings. The number of methoxy groups -OCH3 is 1. The third kappa shape index (κ3) is 2.84. The highest BCUT2D eigenvalue weighted by atomic mass is 16.5. The zero-order chi connectivity index (χ0) is 12.3. The second kappa shape index (κ2) is 4.69. The summed E-state index contributed by atoms with van der Waals surface area (Å²) < 4.78 is 5.08. The number of nitrogens with one attached hydrogen (secondary N) is 1. The largest absolute Gasteiger partial charge is 0.481 e. The van der Waals surface area contributed by atoms with E-state index in [9.17, 15) is 0 Å². The first-order chi connectivity index (χ1) is 8.17. The fourth-order valence-electron chi connectivity index (χ4n) is 1.47. The highest BCUT2D eigenvalue weighted by Gasteiger charge is 2.02. The van der Waals surface area contributed by atoms with Gasteiger partial charge in [0.15, 0.2) is 0 Å². The summed E-state index contributed by atoms with van der Waals surface area (Å²) in [4.78, 5) is 8.38. The van der Waals surface area contributed by atoms with Crippen LogP contribution in [-0.4, -0.2) is 17.1 Å². The number of nitrogens with two attached hydrogens (primary N) is 1. The number of nitrogens with zero attached hydrogens (tertiary/aromatic N) is 2. The fraction of sp³-hybridized carbons (Fsp3) is 0.167. The van der Waals surface area contributed by atoms with Gasteiger partial charge in [0.05, 0.1) is 7.11 Å². The predicted octanol–water partition coefficient (Wildman–Crippen LogP) is 2.12. The zero-order valence-corrected chi connectivity index (χ0v) is 9.77. The summed E-state index contributed by atoms with van der Waals surface area (Å²) in [6.45, 7) is 1.81. The van der Waals surface area contributed by atoms with Gasteiger partial charge in [-0.25, -0.2) is 4.98 Å². The topological polar surface area (TPSA) is 73.1 Å². The Hall–Kier alpha value is -2.30. The third-order valence-electron chi connectivity index (χ3n) is 2.18. The Morgan fingerprint density at radius 2 is 2.06 bits per heavy atom. The molecule has 5 nitrogen and oxygen atoms in total. The summed E-state index contributed by atoms with van der Waals surface area (Å²) in [6, 6.07) is 9.19. The number of hydrogen-bond acceptors (Lipinski definition) is 5. The highest BCUT2D eigenvalue weighted by molar-refractivity contribution is 5.61. The van der Waals surface area contributed by atoms with E-state index in [2.05, 4.69) is 15.3 Å². The first-order valence-corrected chi connectivity index (χ1v) is 5.19. The van der Waals surface area contributed by atoms with Crippen LogP contribution in [0.3, 0.4) is 0 Å². The SMILES string of the molecule is COc1cc(Nc2cccc(N)c2)nc(C)n1. The van der Waals surface area contributed by atoms with E-state index < -0.39 is 0 Å². The number of nitrogen functional groups attached to an aromatic ring is 1. The molecule has 1 aromatic carbocycles. The van der Waals surface area contributed by atoms with Crippen molar-refractivity contribution >= 4 is 17.2 Å². The zero-order valence-electron chi connectivity index (χ0n) is 9.77. The summed E-state index contributed by atoms with van der Waals surface area (Å²) in [6.07, 6.45) is 0. The van der Waals surface area contributed by atoms with Crippen molar-refractivity contribution in [3.05, 3.63) is 36.2 Å². The highest BCUT2D eigenvalue weighted by Crippen LogP contribution is 2.19. The maximum Gasteiger partial charge on any atom is 0.218 e. The van der Waals surface area contributed by atoms with Crippen LogP contribution in [0.1, 0.15) is 5.82 Å². The Balaban J connectivity index is 2.26. The lowest BCUT2D eigenvalue weighted by Crippen LogP contribution is -1.99. The van der Waals surface area contributed by atoms with Gasteiger partial charge in [0.1, 0.15) is 11.6 Å². The minimum absolute atomic E-state index is 0.531. The second-order valence-corrected chi connectivity index (χ2v) is 3.59. The number of ether oxygens (including phenoxy) is 1. The van der Waals surface area contributed by atoms with Crippen molar-refractivity contribution in [1.29, 1.82) is 0 Å². The molecule has 5 heteroatoms. The molecule has 0 aliphatic carbocycles. The molecule has 0 spiro atoms. The van der Waals surface area contributed by atoms with E-state index >= 15 is 0 Å². The van der Waals surface area contributed by atoms with Crippen LogP contribution in [0.2, 0.25) is 0 Å². The van der Waals surface area contributed by atoms with Gasteiger partial charge in [0, 0.05) is 17.4 Å². The van der Waals surface area contributed by atoms with Gasteiger partial charge in [-0.3, -0.25) is 0 Å². The van der Waals surface area contributed by atoms with Gasteiger partial charge in [-0.05, 0) is 25.1 Å². The number of benzene rings is 1. The van der Waals surface area contributed by atoms with Crippen molar-refractivity contribution in [3.63, 3.8) is 0 Å². The van der Waals surface area contributed by atoms with Crippen LogP contribution in [-0.2, 0) is 0 Å². The Kier molecular flexibility index (Phi) is 3.09. The lowest BCUT2D eigenvalue weighted by atomic mass is 10.3. The number of aryl methyl sites for hydroxylation is 1. The summed E-state index contributed by atoms with van der Waals surface area (Å²) in [5, 5.41) is 3.15. The summed E-state index contributed by atoms with van der Waals surface area (Å²) in [5.74, 6) is 1.86. The quantitative estimate of drug-likeness (QED) is 0.790. The molecule has 0 aliphatic rings. The Bertz CT molecular complexity index is 528. The summed E-state index contributed by atoms with van der Waals surface area (Å²) in [5.41, 5.74) is 7.28. The van der Waals surface area contributed by atoms with Gasteiger partial charge in [0.25, 0.3) is 0 Å². The molecule has 0 bridgehead atoms. The molecule has 1 aromatic heterocycles. The third-order valence-corrected chi connectivity index (χ3v) is 2.18. The van der Waals surface area contributed by atoms with Crippen LogP contribution in [0.5, 0.6) is 5.88 Å². The first kappa shape index (κ1) is 11.2. The van der Waals surface area contributed by atoms with Crippen molar-refractivity contribution in [2.24, 2.45) is 0 Å². The van der Waals surface area contributed by atoms with Gasteiger partial charge >= 0.3 is 0 Å². The van der Waals surface area contributed by atoms with E-state index in [4.69, 9.17) is 10.5 Å². The van der Waals surface area contributed by atoms with Crippen molar-refractivity contribution in [3.8, 4) is 5.88 Å². The minimum atomic E-state index is 0.531. The molecule has 1 heterocycles. The number of anilines is 3. The van der Waals surface area contributed by atoms with Gasteiger partial charge in [-0.15, -0.1) is 0 Å². The summed E-state index contributed by atoms with van der Waals surface area (Å²) in [7, 11) is 1.58. The van der Waals surface area contributed by atoms with Gasteiger partial charge < -0.3 is 15.8 Å². The van der Waals surface area contributed by atoms with Crippen LogP contribution in [0, 0.1) is 6.92 Å². The van der Waals surface area contributed by atoms with E-state index in [0.717, 1.165) is 5.69 Å². The average Bonchev–Trinajstić information content (AvgIpc) is 2.28. The lowest BCUT2D eigenvalue weighted by Gasteiger charge is -2.08. The first-order valence-electron chi connectivity index (χ1n) is 5.19. The van der Waals surface area contributed by atoms with Crippen molar-refractivity contribution in [2.75, 3.05) is 18.2 Å². The number of aromatic nitrogens is 2. The number of hydrogen-bond donors (Lipinski definition) is 2. The molecule has 3 N–H and O–H groups in total. The molecule has 0 atom stereocenters. The Labute approximate surface area is 99.7 Å². The van der Waals surface area contributed by atoms with Crippen molar-refractivity contribution < 1.29 is 4.74 Å². The van der Waals surface area contributed by atoms with Gasteiger partial charge in [-0.2, -0.15) is 4.98 Å². The monoisotopic (exact) mass is 230 g/mol. The predicted molar refractivity (Wildman–Crippen MR) is 67.5 cm³/mol. The molecule has 17 heavy (non-hydrogen) atoms. The van der Waals surface area contributed by atoms with E-state index in [0.29, 0.717) is 23.2 Å². The van der Waals surface area contributed by atoms with Crippen molar-refractivity contribution in [2.45, 2.75) is 6.92 Å². The molecule has 0 radical (unpaired) electrons. The maximum atomic E-state index is 5.70. The minimum Gasteiger partial charge on any atom is -0.481 e. The van der Waals surface area contributed by atoms with E-state index in [1.165, 1.54) is 0 Å². The molecule has 0 aliphatic heterocycles. The fourth-order valence-corrected chi connectivity index (χ4v) is 1.47. The maximum absolute atomic E-state index is 5.70. The molecule has 0 amide bonds. The van der Waals surface area contributed by atoms with E-state index in [1.807, 2.05) is 31.2 Å². The van der Waals surface area contributed by atoms with Crippen LogP contribution in [0.15, 0.2) is 30.3 Å². The normalized spacial score (nSPS) is 10.0. The average molecular weight is 230 g/mol. The second-order valence-electron chi connectivity index (χ2n) is 3.59. The van der Waals surface area contributed by atoms with E-state index in [-0.39, 0.29) is 0 Å². The molecular weight excluding hydrogens is 216 g/mol. The van der Waals surface area contributed by atoms with E-state index in [1.54, 1.807) is 13.2 Å². The van der Waals surface area contributed by atoms with Gasteiger partial charge in [0.2, 0.25) is 5.88 Å². The van der Waals surface area contributed by atoms with Crippen LogP contribution >= 0.6 is 0 Å². The van der Waals surface area contributed by atoms with Crippen molar-refractivity contribution in [1.82, 2.24) is 9.97 Å². The Morgan fingerprint density at radius 3 is 2.76 bits per heavy atom. The van der Waals surface area contributed by atoms with Crippen LogP contribution < -0.4 is 15.8 Å². The standard InChI is InChI=1S/C12H14N4O/c1-8-14-11(7-12(15-8)17-2)16-10-5-3-4-9(13)6-10/h3-7H,13H2,1-2H3,(H,14,15,16). The molecular formula is C12H14N4O. The van der Waals surface area contributed by atoms with Crippen LogP contribution in [0.25, 0.3) is 0 Å². The molecule has 0 saturated heterocycles. The summed E-state index contributed by atoms with van der Waals surface area (Å²) >= 11 is 0. The van der Waals surface area contributed by atoms with Gasteiger partial charge in [-0.1, -0.05) is 6.07 Å². The molecule has 2 aromatic rings. The number of rotatable bonds is 3. The smallest absolute Gasteiger partial charge is 0.218 e. The molecule has 88 valence electrons. The van der Waals surface area contributed by atoms with Crippen LogP contribution in [0.4, 0.5) is 17.2 Å².